The van der Waals surface area contributed by atoms with Crippen LogP contribution in [0.1, 0.15) is 38.4 Å². The Morgan fingerprint density at radius 1 is 1.53 bits per heavy atom. The van der Waals surface area contributed by atoms with Gasteiger partial charge >= 0.3 is 0 Å². The van der Waals surface area contributed by atoms with E-state index in [1.54, 1.807) is 6.26 Å². The topological polar surface area (TPSA) is 28.4 Å². The number of hydrogen-bond acceptors (Lipinski definition) is 3. The summed E-state index contributed by atoms with van der Waals surface area (Å²) in [5.74, 6) is 1.05. The van der Waals surface area contributed by atoms with Crippen LogP contribution < -0.4 is 5.32 Å². The molecular formula is C14H24N2O. The van der Waals surface area contributed by atoms with Gasteiger partial charge in [0.2, 0.25) is 0 Å². The average Bonchev–Trinajstić information content (AvgIpc) is 3.01. The van der Waals surface area contributed by atoms with Gasteiger partial charge in [0.25, 0.3) is 0 Å². The van der Waals surface area contributed by atoms with Gasteiger partial charge in [0.05, 0.1) is 12.8 Å². The molecule has 1 aliphatic rings. The molecule has 1 aromatic rings. The van der Waals surface area contributed by atoms with E-state index in [1.165, 1.54) is 32.2 Å². The highest BCUT2D eigenvalue weighted by molar-refractivity contribution is 4.97. The second-order valence-electron chi connectivity index (χ2n) is 5.21. The van der Waals surface area contributed by atoms with Crippen LogP contribution in [0, 0.1) is 0 Å². The van der Waals surface area contributed by atoms with Crippen molar-refractivity contribution in [2.45, 2.75) is 51.2 Å². The van der Waals surface area contributed by atoms with Crippen molar-refractivity contribution >= 4 is 0 Å². The molecule has 0 amide bonds. The van der Waals surface area contributed by atoms with Crippen molar-refractivity contribution in [1.82, 2.24) is 10.2 Å². The first-order valence-electron chi connectivity index (χ1n) is 6.71. The predicted molar refractivity (Wildman–Crippen MR) is 69.9 cm³/mol. The minimum atomic E-state index is 0.612. The molecule has 1 heterocycles. The van der Waals surface area contributed by atoms with Crippen LogP contribution in [-0.2, 0) is 6.54 Å². The number of nitrogens with one attached hydrogen (secondary N) is 1. The van der Waals surface area contributed by atoms with Crippen LogP contribution in [0.2, 0.25) is 0 Å². The summed E-state index contributed by atoms with van der Waals surface area (Å²) in [6, 6.07) is 5.44. The van der Waals surface area contributed by atoms with Crippen LogP contribution in [0.3, 0.4) is 0 Å². The highest BCUT2D eigenvalue weighted by atomic mass is 16.3. The van der Waals surface area contributed by atoms with E-state index in [-0.39, 0.29) is 0 Å². The van der Waals surface area contributed by atoms with Crippen molar-refractivity contribution in [3.63, 3.8) is 0 Å². The molecule has 1 aromatic heterocycles. The molecule has 0 spiro atoms. The standard InChI is InChI=1S/C14H24N2O/c1-12(5-3-9-15-13-7-8-13)16(2)11-14-6-4-10-17-14/h4,6,10,12-13,15H,3,5,7-9,11H2,1-2H3. The lowest BCUT2D eigenvalue weighted by Gasteiger charge is -2.23. The molecule has 17 heavy (non-hydrogen) atoms. The van der Waals surface area contributed by atoms with Crippen molar-refractivity contribution in [1.29, 1.82) is 0 Å². The lowest BCUT2D eigenvalue weighted by molar-refractivity contribution is 0.217. The van der Waals surface area contributed by atoms with Crippen LogP contribution in [0.25, 0.3) is 0 Å². The third kappa shape index (κ3) is 4.52. The Kier molecular flexibility index (Phi) is 4.63. The third-order valence-corrected chi connectivity index (χ3v) is 3.55. The maximum atomic E-state index is 5.37. The molecule has 1 N–H and O–H groups in total. The molecule has 1 fully saturated rings. The van der Waals surface area contributed by atoms with Crippen molar-refractivity contribution < 1.29 is 4.42 Å². The Hall–Kier alpha value is -0.800. The molecule has 3 nitrogen and oxygen atoms in total. The number of rotatable bonds is 8. The fraction of sp³-hybridized carbons (Fsp3) is 0.714. The Morgan fingerprint density at radius 3 is 3.00 bits per heavy atom. The Balaban J connectivity index is 1.58. The highest BCUT2D eigenvalue weighted by Gasteiger charge is 2.19. The van der Waals surface area contributed by atoms with Crippen LogP contribution in [0.4, 0.5) is 0 Å². The summed E-state index contributed by atoms with van der Waals surface area (Å²) < 4.78 is 5.37. The summed E-state index contributed by atoms with van der Waals surface area (Å²) in [4.78, 5) is 2.36. The van der Waals surface area contributed by atoms with Gasteiger partial charge in [0.15, 0.2) is 0 Å². The van der Waals surface area contributed by atoms with Crippen LogP contribution in [-0.4, -0.2) is 30.6 Å². The summed E-state index contributed by atoms with van der Waals surface area (Å²) in [7, 11) is 2.17. The molecule has 1 unspecified atom stereocenters. The van der Waals surface area contributed by atoms with Gasteiger partial charge in [0.1, 0.15) is 5.76 Å². The first-order chi connectivity index (χ1) is 8.25. The molecule has 0 aliphatic heterocycles. The van der Waals surface area contributed by atoms with Gasteiger partial charge in [0, 0.05) is 12.1 Å². The Labute approximate surface area is 104 Å². The smallest absolute Gasteiger partial charge is 0.117 e. The van der Waals surface area contributed by atoms with Gasteiger partial charge in [-0.25, -0.2) is 0 Å². The molecule has 96 valence electrons. The van der Waals surface area contributed by atoms with E-state index in [4.69, 9.17) is 4.42 Å². The van der Waals surface area contributed by atoms with E-state index in [0.29, 0.717) is 6.04 Å². The van der Waals surface area contributed by atoms with E-state index >= 15 is 0 Å². The number of furan rings is 1. The van der Waals surface area contributed by atoms with Crippen LogP contribution >= 0.6 is 0 Å². The first kappa shape index (κ1) is 12.7. The summed E-state index contributed by atoms with van der Waals surface area (Å²) >= 11 is 0. The second kappa shape index (κ2) is 6.22. The predicted octanol–water partition coefficient (Wildman–Crippen LogP) is 2.63. The van der Waals surface area contributed by atoms with E-state index < -0.39 is 0 Å². The lowest BCUT2D eigenvalue weighted by Crippen LogP contribution is -2.29. The molecule has 0 bridgehead atoms. The van der Waals surface area contributed by atoms with Crippen molar-refractivity contribution in [2.75, 3.05) is 13.6 Å². The Bertz CT molecular complexity index is 306. The zero-order chi connectivity index (χ0) is 12.1. The summed E-state index contributed by atoms with van der Waals surface area (Å²) in [6.45, 7) is 4.37. The number of nitrogens with zero attached hydrogens (tertiary/aromatic N) is 1. The summed E-state index contributed by atoms with van der Waals surface area (Å²) in [5, 5.41) is 3.56. The zero-order valence-corrected chi connectivity index (χ0v) is 11.0. The van der Waals surface area contributed by atoms with E-state index in [1.807, 2.05) is 12.1 Å². The number of hydrogen-bond donors (Lipinski definition) is 1. The largest absolute Gasteiger partial charge is 0.468 e. The lowest BCUT2D eigenvalue weighted by atomic mass is 10.1. The van der Waals surface area contributed by atoms with E-state index in [2.05, 4.69) is 24.2 Å². The maximum Gasteiger partial charge on any atom is 0.117 e. The van der Waals surface area contributed by atoms with Crippen molar-refractivity contribution in [3.8, 4) is 0 Å². The van der Waals surface area contributed by atoms with Crippen molar-refractivity contribution in [2.24, 2.45) is 0 Å². The summed E-state index contributed by atoms with van der Waals surface area (Å²) in [6.07, 6.45) is 7.02. The van der Waals surface area contributed by atoms with Crippen LogP contribution in [0.15, 0.2) is 22.8 Å². The zero-order valence-electron chi connectivity index (χ0n) is 11.0. The van der Waals surface area contributed by atoms with Gasteiger partial charge < -0.3 is 9.73 Å². The fourth-order valence-electron chi connectivity index (χ4n) is 2.02. The summed E-state index contributed by atoms with van der Waals surface area (Å²) in [5.41, 5.74) is 0. The normalized spacial score (nSPS) is 17.6. The highest BCUT2D eigenvalue weighted by Crippen LogP contribution is 2.18. The van der Waals surface area contributed by atoms with Crippen LogP contribution in [0.5, 0.6) is 0 Å². The fourth-order valence-corrected chi connectivity index (χ4v) is 2.02. The SMILES string of the molecule is CC(CCCNC1CC1)N(C)Cc1ccco1. The molecule has 0 saturated heterocycles. The minimum absolute atomic E-state index is 0.612. The van der Waals surface area contributed by atoms with Gasteiger partial charge in [-0.1, -0.05) is 0 Å². The van der Waals surface area contributed by atoms with Gasteiger partial charge in [-0.05, 0) is 58.3 Å². The Morgan fingerprint density at radius 2 is 2.35 bits per heavy atom. The second-order valence-corrected chi connectivity index (χ2v) is 5.21. The third-order valence-electron chi connectivity index (χ3n) is 3.55. The minimum Gasteiger partial charge on any atom is -0.468 e. The molecule has 2 rings (SSSR count). The van der Waals surface area contributed by atoms with Gasteiger partial charge in [-0.3, -0.25) is 4.90 Å². The van der Waals surface area contributed by atoms with Crippen molar-refractivity contribution in [3.05, 3.63) is 24.2 Å². The van der Waals surface area contributed by atoms with Gasteiger partial charge in [-0.15, -0.1) is 0 Å². The van der Waals surface area contributed by atoms with E-state index in [9.17, 15) is 0 Å². The van der Waals surface area contributed by atoms with Gasteiger partial charge in [-0.2, -0.15) is 0 Å². The molecule has 1 saturated carbocycles. The average molecular weight is 236 g/mol. The molecule has 0 radical (unpaired) electrons. The molecule has 3 heteroatoms. The molecule has 1 aliphatic carbocycles. The first-order valence-corrected chi connectivity index (χ1v) is 6.71. The monoisotopic (exact) mass is 236 g/mol. The molecular weight excluding hydrogens is 212 g/mol. The maximum absolute atomic E-state index is 5.37. The molecule has 1 atom stereocenters. The molecule has 0 aromatic carbocycles. The quantitative estimate of drug-likeness (QED) is 0.703. The van der Waals surface area contributed by atoms with E-state index in [0.717, 1.165) is 18.3 Å².